The summed E-state index contributed by atoms with van der Waals surface area (Å²) in [6.07, 6.45) is 0.942. The van der Waals surface area contributed by atoms with E-state index in [1.807, 2.05) is 6.92 Å². The molecule has 0 radical (unpaired) electrons. The number of hydrogen-bond donors (Lipinski definition) is 0. The second-order valence-corrected chi connectivity index (χ2v) is 4.57. The molecule has 0 atom stereocenters. The number of hydrogen-bond acceptors (Lipinski definition) is 2. The van der Waals surface area contributed by atoms with Crippen molar-refractivity contribution in [2.45, 2.75) is 33.8 Å². The van der Waals surface area contributed by atoms with Crippen molar-refractivity contribution in [3.8, 4) is 0 Å². The maximum absolute atomic E-state index is 11.6. The largest absolute Gasteiger partial charge is 0.457 e. The monoisotopic (exact) mass is 204 g/mol. The highest BCUT2D eigenvalue weighted by Crippen LogP contribution is 2.28. The van der Waals surface area contributed by atoms with E-state index in [9.17, 15) is 4.79 Å². The van der Waals surface area contributed by atoms with Gasteiger partial charge in [-0.15, -0.1) is 0 Å². The number of cyclic esters (lactones) is 1. The molecule has 1 aliphatic rings. The van der Waals surface area contributed by atoms with Gasteiger partial charge in [-0.3, -0.25) is 0 Å². The molecule has 80 valence electrons. The number of carbonyl (C=O) groups is 1. The number of rotatable bonds is 2. The first-order chi connectivity index (χ1) is 7.09. The van der Waals surface area contributed by atoms with E-state index in [1.165, 1.54) is 0 Å². The Morgan fingerprint density at radius 1 is 1.40 bits per heavy atom. The minimum absolute atomic E-state index is 0.149. The van der Waals surface area contributed by atoms with Crippen LogP contribution >= 0.6 is 0 Å². The topological polar surface area (TPSA) is 26.3 Å². The summed E-state index contributed by atoms with van der Waals surface area (Å²) in [5.74, 6) is 0.412. The van der Waals surface area contributed by atoms with Gasteiger partial charge in [0.2, 0.25) is 0 Å². The Balaban J connectivity index is 2.49. The number of fused-ring (bicyclic) bond motifs is 1. The molecule has 0 saturated heterocycles. The van der Waals surface area contributed by atoms with Gasteiger partial charge in [-0.1, -0.05) is 26.0 Å². The van der Waals surface area contributed by atoms with E-state index < -0.39 is 0 Å². The van der Waals surface area contributed by atoms with Crippen LogP contribution in [-0.4, -0.2) is 5.97 Å². The summed E-state index contributed by atoms with van der Waals surface area (Å²) in [7, 11) is 0. The molecule has 0 bridgehead atoms. The third kappa shape index (κ3) is 1.76. The molecular weight excluding hydrogens is 188 g/mol. The SMILES string of the molecule is Cc1ccc(CC(C)C)c2c1COC2=O. The number of benzene rings is 1. The summed E-state index contributed by atoms with van der Waals surface area (Å²) in [6.45, 7) is 6.80. The second-order valence-electron chi connectivity index (χ2n) is 4.57. The molecule has 0 unspecified atom stereocenters. The maximum atomic E-state index is 11.6. The lowest BCUT2D eigenvalue weighted by Gasteiger charge is -2.09. The summed E-state index contributed by atoms with van der Waals surface area (Å²) in [6, 6.07) is 4.14. The van der Waals surface area contributed by atoms with Crippen molar-refractivity contribution in [1.29, 1.82) is 0 Å². The molecule has 1 aliphatic heterocycles. The lowest BCUT2D eigenvalue weighted by Crippen LogP contribution is -2.04. The molecule has 1 heterocycles. The minimum Gasteiger partial charge on any atom is -0.457 e. The van der Waals surface area contributed by atoms with E-state index >= 15 is 0 Å². The van der Waals surface area contributed by atoms with Crippen LogP contribution in [0.25, 0.3) is 0 Å². The molecule has 2 rings (SSSR count). The highest BCUT2D eigenvalue weighted by atomic mass is 16.5. The average Bonchev–Trinajstić information content (AvgIpc) is 2.54. The van der Waals surface area contributed by atoms with E-state index in [1.54, 1.807) is 0 Å². The van der Waals surface area contributed by atoms with Crippen LogP contribution in [0.2, 0.25) is 0 Å². The first-order valence-corrected chi connectivity index (χ1v) is 5.38. The van der Waals surface area contributed by atoms with Crippen molar-refractivity contribution in [3.05, 3.63) is 34.4 Å². The highest BCUT2D eigenvalue weighted by Gasteiger charge is 2.26. The Bertz CT molecular complexity index is 405. The minimum atomic E-state index is -0.149. The highest BCUT2D eigenvalue weighted by molar-refractivity contribution is 5.95. The summed E-state index contributed by atoms with van der Waals surface area (Å²) in [4.78, 5) is 11.6. The zero-order valence-electron chi connectivity index (χ0n) is 9.46. The standard InChI is InChI=1S/C13H16O2/c1-8(2)6-10-5-4-9(3)11-7-15-13(14)12(10)11/h4-5,8H,6-7H2,1-3H3. The number of ether oxygens (including phenoxy) is 1. The lowest BCUT2D eigenvalue weighted by atomic mass is 9.93. The van der Waals surface area contributed by atoms with Gasteiger partial charge in [-0.05, 0) is 30.4 Å². The van der Waals surface area contributed by atoms with Crippen LogP contribution in [0.1, 0.15) is 40.9 Å². The van der Waals surface area contributed by atoms with Gasteiger partial charge in [0.25, 0.3) is 0 Å². The Morgan fingerprint density at radius 2 is 2.13 bits per heavy atom. The molecule has 2 nitrogen and oxygen atoms in total. The molecule has 0 amide bonds. The summed E-state index contributed by atoms with van der Waals surface area (Å²) in [5.41, 5.74) is 4.19. The maximum Gasteiger partial charge on any atom is 0.339 e. The van der Waals surface area contributed by atoms with E-state index in [0.717, 1.165) is 28.7 Å². The van der Waals surface area contributed by atoms with Crippen LogP contribution in [0.15, 0.2) is 12.1 Å². The fourth-order valence-corrected chi connectivity index (χ4v) is 2.06. The summed E-state index contributed by atoms with van der Waals surface area (Å²) in [5, 5.41) is 0. The van der Waals surface area contributed by atoms with Crippen LogP contribution in [-0.2, 0) is 17.8 Å². The van der Waals surface area contributed by atoms with Crippen molar-refractivity contribution >= 4 is 5.97 Å². The molecule has 15 heavy (non-hydrogen) atoms. The molecule has 0 spiro atoms. The predicted molar refractivity (Wildman–Crippen MR) is 58.8 cm³/mol. The summed E-state index contributed by atoms with van der Waals surface area (Å²) >= 11 is 0. The summed E-state index contributed by atoms with van der Waals surface area (Å²) < 4.78 is 5.09. The van der Waals surface area contributed by atoms with Crippen LogP contribution in [0, 0.1) is 12.8 Å². The smallest absolute Gasteiger partial charge is 0.339 e. The molecule has 0 aliphatic carbocycles. The van der Waals surface area contributed by atoms with E-state index in [-0.39, 0.29) is 5.97 Å². The molecule has 1 aromatic rings. The number of esters is 1. The molecule has 2 heteroatoms. The number of aryl methyl sites for hydroxylation is 1. The Kier molecular flexibility index (Phi) is 2.51. The third-order valence-corrected chi connectivity index (χ3v) is 2.81. The Hall–Kier alpha value is -1.31. The van der Waals surface area contributed by atoms with Gasteiger partial charge in [0.15, 0.2) is 0 Å². The zero-order chi connectivity index (χ0) is 11.0. The fraction of sp³-hybridized carbons (Fsp3) is 0.462. The lowest BCUT2D eigenvalue weighted by molar-refractivity contribution is 0.0534. The van der Waals surface area contributed by atoms with Gasteiger partial charge in [-0.25, -0.2) is 4.79 Å². The van der Waals surface area contributed by atoms with Crippen molar-refractivity contribution in [2.75, 3.05) is 0 Å². The normalized spacial score (nSPS) is 14.3. The first-order valence-electron chi connectivity index (χ1n) is 5.38. The average molecular weight is 204 g/mol. The van der Waals surface area contributed by atoms with Crippen LogP contribution in [0.3, 0.4) is 0 Å². The molecule has 0 fully saturated rings. The van der Waals surface area contributed by atoms with E-state index in [2.05, 4.69) is 26.0 Å². The first kappa shape index (κ1) is 10.2. The van der Waals surface area contributed by atoms with Gasteiger partial charge in [0.1, 0.15) is 6.61 Å². The van der Waals surface area contributed by atoms with Gasteiger partial charge >= 0.3 is 5.97 Å². The van der Waals surface area contributed by atoms with E-state index in [0.29, 0.717) is 12.5 Å². The molecule has 0 N–H and O–H groups in total. The quantitative estimate of drug-likeness (QED) is 0.692. The Labute approximate surface area is 90.3 Å². The Morgan fingerprint density at radius 3 is 2.80 bits per heavy atom. The molecular formula is C13H16O2. The second kappa shape index (κ2) is 3.69. The van der Waals surface area contributed by atoms with Gasteiger partial charge < -0.3 is 4.74 Å². The number of carbonyl (C=O) groups excluding carboxylic acids is 1. The van der Waals surface area contributed by atoms with Crippen molar-refractivity contribution in [3.63, 3.8) is 0 Å². The van der Waals surface area contributed by atoms with Gasteiger partial charge in [0, 0.05) is 5.56 Å². The van der Waals surface area contributed by atoms with E-state index in [4.69, 9.17) is 4.74 Å². The van der Waals surface area contributed by atoms with Crippen molar-refractivity contribution < 1.29 is 9.53 Å². The van der Waals surface area contributed by atoms with Crippen LogP contribution in [0.5, 0.6) is 0 Å². The van der Waals surface area contributed by atoms with Crippen LogP contribution < -0.4 is 0 Å². The van der Waals surface area contributed by atoms with Gasteiger partial charge in [-0.2, -0.15) is 0 Å². The molecule has 0 saturated carbocycles. The zero-order valence-corrected chi connectivity index (χ0v) is 9.46. The fourth-order valence-electron chi connectivity index (χ4n) is 2.06. The van der Waals surface area contributed by atoms with Crippen molar-refractivity contribution in [2.24, 2.45) is 5.92 Å². The molecule has 0 aromatic heterocycles. The third-order valence-electron chi connectivity index (χ3n) is 2.81. The van der Waals surface area contributed by atoms with Crippen molar-refractivity contribution in [1.82, 2.24) is 0 Å². The predicted octanol–water partition coefficient (Wildman–Crippen LogP) is 2.86. The molecule has 1 aromatic carbocycles. The van der Waals surface area contributed by atoms with Gasteiger partial charge in [0.05, 0.1) is 5.56 Å². The van der Waals surface area contributed by atoms with Crippen LogP contribution in [0.4, 0.5) is 0 Å².